The molecule has 1 aromatic carbocycles. The van der Waals surface area contributed by atoms with E-state index in [-0.39, 0.29) is 23.0 Å². The molecule has 26 heavy (non-hydrogen) atoms. The number of carbonyl (C=O) groups excluding carboxylic acids is 3. The average molecular weight is 398 g/mol. The van der Waals surface area contributed by atoms with Crippen LogP contribution in [0.3, 0.4) is 0 Å². The first-order valence-electron chi connectivity index (χ1n) is 8.02. The van der Waals surface area contributed by atoms with Gasteiger partial charge in [0.1, 0.15) is 0 Å². The Labute approximate surface area is 155 Å². The van der Waals surface area contributed by atoms with Crippen molar-refractivity contribution in [3.8, 4) is 0 Å². The number of rotatable bonds is 4. The number of carbonyl (C=O) groups is 3. The number of nitrogens with one attached hydrogen (secondary N) is 2. The number of sulfone groups is 1. The van der Waals surface area contributed by atoms with Gasteiger partial charge in [-0.25, -0.2) is 13.2 Å². The Morgan fingerprint density at radius 2 is 2.15 bits per heavy atom. The first kappa shape index (κ1) is 18.7. The predicted molar refractivity (Wildman–Crippen MR) is 95.9 cm³/mol. The van der Waals surface area contributed by atoms with Gasteiger partial charge < -0.3 is 15.4 Å². The van der Waals surface area contributed by atoms with Crippen LogP contribution >= 0.6 is 11.8 Å². The number of anilines is 1. The van der Waals surface area contributed by atoms with E-state index in [9.17, 15) is 22.8 Å². The van der Waals surface area contributed by atoms with Crippen LogP contribution in [-0.2, 0) is 24.2 Å². The second-order valence-corrected chi connectivity index (χ2v) is 9.45. The van der Waals surface area contributed by atoms with Crippen LogP contribution in [0.1, 0.15) is 23.7 Å². The molecule has 10 heteroatoms. The first-order chi connectivity index (χ1) is 12.2. The fourth-order valence-electron chi connectivity index (χ4n) is 2.72. The highest BCUT2D eigenvalue weighted by Crippen LogP contribution is 2.32. The lowest BCUT2D eigenvalue weighted by Gasteiger charge is -2.18. The van der Waals surface area contributed by atoms with Gasteiger partial charge in [-0.3, -0.25) is 9.59 Å². The van der Waals surface area contributed by atoms with Gasteiger partial charge in [0.25, 0.3) is 5.91 Å². The number of fused-ring (bicyclic) bond motifs is 1. The molecule has 0 saturated carbocycles. The molecule has 2 amide bonds. The minimum Gasteiger partial charge on any atom is -0.449 e. The Kier molecular flexibility index (Phi) is 5.24. The summed E-state index contributed by atoms with van der Waals surface area (Å²) in [6.07, 6.45) is -0.706. The lowest BCUT2D eigenvalue weighted by molar-refractivity contribution is -0.129. The number of thioether (sulfide) groups is 1. The van der Waals surface area contributed by atoms with Crippen molar-refractivity contribution in [2.24, 2.45) is 0 Å². The molecule has 2 aliphatic heterocycles. The maximum atomic E-state index is 12.2. The molecule has 8 nitrogen and oxygen atoms in total. The van der Waals surface area contributed by atoms with Gasteiger partial charge >= 0.3 is 5.97 Å². The summed E-state index contributed by atoms with van der Waals surface area (Å²) in [6.45, 7) is 1.42. The number of hydrogen-bond acceptors (Lipinski definition) is 7. The fraction of sp³-hybridized carbons (Fsp3) is 0.438. The van der Waals surface area contributed by atoms with E-state index >= 15 is 0 Å². The molecule has 2 aliphatic rings. The fourth-order valence-corrected chi connectivity index (χ4v) is 5.18. The van der Waals surface area contributed by atoms with E-state index < -0.39 is 33.9 Å². The van der Waals surface area contributed by atoms with Crippen molar-refractivity contribution in [3.63, 3.8) is 0 Å². The molecule has 2 N–H and O–H groups in total. The molecule has 2 atom stereocenters. The van der Waals surface area contributed by atoms with Crippen molar-refractivity contribution in [2.75, 3.05) is 22.6 Å². The second kappa shape index (κ2) is 7.28. The molecule has 0 aliphatic carbocycles. The van der Waals surface area contributed by atoms with Crippen molar-refractivity contribution >= 4 is 45.1 Å². The maximum Gasteiger partial charge on any atom is 0.338 e. The van der Waals surface area contributed by atoms with Crippen LogP contribution in [0.4, 0.5) is 5.69 Å². The summed E-state index contributed by atoms with van der Waals surface area (Å²) in [4.78, 5) is 36.7. The molecule has 0 spiro atoms. The Morgan fingerprint density at radius 3 is 2.85 bits per heavy atom. The monoisotopic (exact) mass is 398 g/mol. The Bertz CT molecular complexity index is 867. The van der Waals surface area contributed by atoms with Crippen LogP contribution < -0.4 is 10.6 Å². The third kappa shape index (κ3) is 4.36. The zero-order chi connectivity index (χ0) is 18.9. The summed E-state index contributed by atoms with van der Waals surface area (Å²) in [6, 6.07) is 4.34. The quantitative estimate of drug-likeness (QED) is 0.712. The highest BCUT2D eigenvalue weighted by atomic mass is 32.2. The van der Waals surface area contributed by atoms with Crippen LogP contribution in [0.5, 0.6) is 0 Å². The summed E-state index contributed by atoms with van der Waals surface area (Å²) in [5.41, 5.74) is 0.753. The highest BCUT2D eigenvalue weighted by molar-refractivity contribution is 8.00. The van der Waals surface area contributed by atoms with E-state index in [4.69, 9.17) is 4.74 Å². The van der Waals surface area contributed by atoms with Gasteiger partial charge in [0, 0.05) is 10.9 Å². The maximum absolute atomic E-state index is 12.2. The van der Waals surface area contributed by atoms with Gasteiger partial charge in [0.15, 0.2) is 15.9 Å². The van der Waals surface area contributed by atoms with Crippen LogP contribution in [-0.4, -0.2) is 55.6 Å². The smallest absolute Gasteiger partial charge is 0.338 e. The number of hydrogen-bond donors (Lipinski definition) is 2. The van der Waals surface area contributed by atoms with E-state index in [0.717, 1.165) is 4.90 Å². The van der Waals surface area contributed by atoms with E-state index in [2.05, 4.69) is 10.6 Å². The normalized spacial score (nSPS) is 22.0. The average Bonchev–Trinajstić information content (AvgIpc) is 2.92. The molecule has 0 aromatic heterocycles. The molecule has 1 saturated heterocycles. The SMILES string of the molecule is C[C@H](OC(=O)c1ccc2c(c1)NC(=O)CS2)C(=O)N[C@H]1CCS(=O)(=O)C1. The topological polar surface area (TPSA) is 119 Å². The molecule has 0 radical (unpaired) electrons. The molecule has 1 aromatic rings. The van der Waals surface area contributed by atoms with Gasteiger partial charge in [-0.05, 0) is 31.5 Å². The Morgan fingerprint density at radius 1 is 1.38 bits per heavy atom. The Hall–Kier alpha value is -2.07. The minimum absolute atomic E-state index is 0.0466. The van der Waals surface area contributed by atoms with E-state index in [1.54, 1.807) is 12.1 Å². The van der Waals surface area contributed by atoms with Gasteiger partial charge in [0.05, 0.1) is 28.5 Å². The van der Waals surface area contributed by atoms with E-state index in [1.165, 1.54) is 24.8 Å². The molecule has 0 bridgehead atoms. The van der Waals surface area contributed by atoms with E-state index in [0.29, 0.717) is 17.9 Å². The van der Waals surface area contributed by atoms with Crippen molar-refractivity contribution in [1.82, 2.24) is 5.32 Å². The van der Waals surface area contributed by atoms with Gasteiger partial charge in [-0.2, -0.15) is 0 Å². The summed E-state index contributed by atoms with van der Waals surface area (Å²) in [7, 11) is -3.11. The summed E-state index contributed by atoms with van der Waals surface area (Å²) in [5, 5.41) is 5.27. The predicted octanol–water partition coefficient (Wildman–Crippen LogP) is 0.579. The summed E-state index contributed by atoms with van der Waals surface area (Å²) in [5.74, 6) is -1.11. The van der Waals surface area contributed by atoms with Crippen LogP contribution in [0.2, 0.25) is 0 Å². The van der Waals surface area contributed by atoms with Gasteiger partial charge in [0.2, 0.25) is 5.91 Å². The van der Waals surface area contributed by atoms with Crippen LogP contribution in [0.15, 0.2) is 23.1 Å². The second-order valence-electron chi connectivity index (χ2n) is 6.20. The van der Waals surface area contributed by atoms with Crippen molar-refractivity contribution in [2.45, 2.75) is 30.4 Å². The van der Waals surface area contributed by atoms with Crippen molar-refractivity contribution in [1.29, 1.82) is 0 Å². The highest BCUT2D eigenvalue weighted by Gasteiger charge is 2.31. The molecule has 0 unspecified atom stereocenters. The first-order valence-corrected chi connectivity index (χ1v) is 10.8. The summed E-state index contributed by atoms with van der Waals surface area (Å²) >= 11 is 1.38. The standard InChI is InChI=1S/C16H18N2O6S2/c1-9(15(20)17-11-4-5-26(22,23)8-11)24-16(21)10-2-3-13-12(6-10)18-14(19)7-25-13/h2-3,6,9,11H,4-5,7-8H2,1H3,(H,17,20)(H,18,19)/t9-,11-/m0/s1. The molecular formula is C16H18N2O6S2. The Balaban J connectivity index is 1.59. The van der Waals surface area contributed by atoms with Crippen LogP contribution in [0, 0.1) is 0 Å². The molecule has 2 heterocycles. The third-order valence-electron chi connectivity index (χ3n) is 4.08. The molecule has 140 valence electrons. The summed E-state index contributed by atoms with van der Waals surface area (Å²) < 4.78 is 28.0. The third-order valence-corrected chi connectivity index (χ3v) is 6.92. The van der Waals surface area contributed by atoms with E-state index in [1.807, 2.05) is 0 Å². The zero-order valence-electron chi connectivity index (χ0n) is 14.0. The zero-order valence-corrected chi connectivity index (χ0v) is 15.6. The van der Waals surface area contributed by atoms with Crippen molar-refractivity contribution < 1.29 is 27.5 Å². The molecule has 1 fully saturated rings. The van der Waals surface area contributed by atoms with Crippen LogP contribution in [0.25, 0.3) is 0 Å². The number of esters is 1. The lowest BCUT2D eigenvalue weighted by Crippen LogP contribution is -2.42. The number of ether oxygens (including phenoxy) is 1. The molecule has 3 rings (SSSR count). The van der Waals surface area contributed by atoms with Crippen molar-refractivity contribution in [3.05, 3.63) is 23.8 Å². The largest absolute Gasteiger partial charge is 0.449 e. The van der Waals surface area contributed by atoms with Gasteiger partial charge in [-0.15, -0.1) is 11.8 Å². The minimum atomic E-state index is -3.11. The van der Waals surface area contributed by atoms with Gasteiger partial charge in [-0.1, -0.05) is 0 Å². The number of benzene rings is 1. The lowest BCUT2D eigenvalue weighted by atomic mass is 10.2. The molecular weight excluding hydrogens is 380 g/mol. The number of amides is 2.